The van der Waals surface area contributed by atoms with Crippen LogP contribution in [0.4, 0.5) is 4.79 Å². The summed E-state index contributed by atoms with van der Waals surface area (Å²) in [6.45, 7) is 6.49. The van der Waals surface area contributed by atoms with Crippen molar-refractivity contribution in [3.05, 3.63) is 0 Å². The number of hydrogen-bond acceptors (Lipinski definition) is 6. The molecule has 2 fully saturated rings. The number of ether oxygens (including phenoxy) is 1. The molecule has 0 aromatic rings. The first-order chi connectivity index (χ1) is 12.4. The summed E-state index contributed by atoms with van der Waals surface area (Å²) < 4.78 is 28.3. The molecule has 0 saturated carbocycles. The predicted molar refractivity (Wildman–Crippen MR) is 98.7 cm³/mol. The molecular weight excluding hydrogens is 358 g/mol. The first-order valence-electron chi connectivity index (χ1n) is 9.51. The molecule has 2 saturated heterocycles. The van der Waals surface area contributed by atoms with E-state index in [1.807, 2.05) is 6.92 Å². The average Bonchev–Trinajstić information content (AvgIpc) is 2.96. The normalized spacial score (nSPS) is 23.0. The molecule has 2 amide bonds. The summed E-state index contributed by atoms with van der Waals surface area (Å²) in [6, 6.07) is 0.112. The van der Waals surface area contributed by atoms with Gasteiger partial charge in [-0.3, -0.25) is 4.79 Å². The number of carbonyl (C=O) groups excluding carboxylic acids is 2. The second-order valence-corrected chi connectivity index (χ2v) is 9.13. The zero-order chi connectivity index (χ0) is 19.2. The SMILES string of the molecule is CCOC(=O)N1CCC(NCCC(=O)N(CC)C2CCS(=O)(=O)C2)CC1. The molecule has 26 heavy (non-hydrogen) atoms. The van der Waals surface area contributed by atoms with Crippen molar-refractivity contribution in [1.82, 2.24) is 15.1 Å². The number of carbonyl (C=O) groups is 2. The van der Waals surface area contributed by atoms with Gasteiger partial charge in [-0.15, -0.1) is 0 Å². The van der Waals surface area contributed by atoms with Crippen molar-refractivity contribution in [3.63, 3.8) is 0 Å². The van der Waals surface area contributed by atoms with E-state index in [0.717, 1.165) is 12.8 Å². The Bertz CT molecular complexity index is 587. The fraction of sp³-hybridized carbons (Fsp3) is 0.882. The van der Waals surface area contributed by atoms with Gasteiger partial charge in [0.2, 0.25) is 5.91 Å². The fourth-order valence-corrected chi connectivity index (χ4v) is 5.40. The number of rotatable bonds is 7. The van der Waals surface area contributed by atoms with E-state index in [0.29, 0.717) is 45.6 Å². The molecule has 1 unspecified atom stereocenters. The minimum absolute atomic E-state index is 0.00561. The van der Waals surface area contributed by atoms with Crippen LogP contribution in [0.5, 0.6) is 0 Å². The van der Waals surface area contributed by atoms with E-state index in [4.69, 9.17) is 4.74 Å². The van der Waals surface area contributed by atoms with Crippen molar-refractivity contribution < 1.29 is 22.7 Å². The molecule has 150 valence electrons. The van der Waals surface area contributed by atoms with Crippen molar-refractivity contribution >= 4 is 21.8 Å². The number of piperidine rings is 1. The average molecular weight is 390 g/mol. The Labute approximate surface area is 156 Å². The molecule has 8 nitrogen and oxygen atoms in total. The van der Waals surface area contributed by atoms with Crippen molar-refractivity contribution in [1.29, 1.82) is 0 Å². The third kappa shape index (κ3) is 5.84. The lowest BCUT2D eigenvalue weighted by Gasteiger charge is -2.32. The van der Waals surface area contributed by atoms with Gasteiger partial charge in [-0.2, -0.15) is 0 Å². The van der Waals surface area contributed by atoms with Gasteiger partial charge in [-0.05, 0) is 33.1 Å². The van der Waals surface area contributed by atoms with E-state index in [1.54, 1.807) is 16.7 Å². The summed E-state index contributed by atoms with van der Waals surface area (Å²) in [5, 5.41) is 3.39. The molecule has 2 rings (SSSR count). The molecular formula is C17H31N3O5S. The highest BCUT2D eigenvalue weighted by molar-refractivity contribution is 7.91. The lowest BCUT2D eigenvalue weighted by molar-refractivity contribution is -0.132. The highest BCUT2D eigenvalue weighted by Gasteiger charge is 2.33. The number of amides is 2. The lowest BCUT2D eigenvalue weighted by atomic mass is 10.1. The molecule has 2 aliphatic rings. The van der Waals surface area contributed by atoms with Gasteiger partial charge in [-0.1, -0.05) is 0 Å². The van der Waals surface area contributed by atoms with E-state index in [9.17, 15) is 18.0 Å². The molecule has 0 bridgehead atoms. The number of hydrogen-bond donors (Lipinski definition) is 1. The Morgan fingerprint density at radius 3 is 2.42 bits per heavy atom. The van der Waals surface area contributed by atoms with Gasteiger partial charge < -0.3 is 19.9 Å². The van der Waals surface area contributed by atoms with Crippen molar-refractivity contribution in [3.8, 4) is 0 Å². The van der Waals surface area contributed by atoms with E-state index < -0.39 is 9.84 Å². The first kappa shape index (κ1) is 21.0. The van der Waals surface area contributed by atoms with Crippen LogP contribution >= 0.6 is 0 Å². The predicted octanol–water partition coefficient (Wildman–Crippen LogP) is 0.623. The number of nitrogens with zero attached hydrogens (tertiary/aromatic N) is 2. The highest BCUT2D eigenvalue weighted by Crippen LogP contribution is 2.18. The molecule has 2 heterocycles. The van der Waals surface area contributed by atoms with E-state index in [2.05, 4.69) is 5.32 Å². The van der Waals surface area contributed by atoms with Crippen molar-refractivity contribution in [2.75, 3.05) is 44.3 Å². The molecule has 0 aliphatic carbocycles. The van der Waals surface area contributed by atoms with Crippen molar-refractivity contribution in [2.45, 2.75) is 51.6 Å². The maximum Gasteiger partial charge on any atom is 0.409 e. The third-order valence-electron chi connectivity index (χ3n) is 5.10. The first-order valence-corrected chi connectivity index (χ1v) is 11.3. The van der Waals surface area contributed by atoms with Gasteiger partial charge in [0.1, 0.15) is 0 Å². The van der Waals surface area contributed by atoms with Gasteiger partial charge >= 0.3 is 6.09 Å². The van der Waals surface area contributed by atoms with Crippen LogP contribution in [0.1, 0.15) is 39.5 Å². The Morgan fingerprint density at radius 1 is 1.19 bits per heavy atom. The number of sulfone groups is 1. The van der Waals surface area contributed by atoms with E-state index in [1.165, 1.54) is 0 Å². The Kier molecular flexibility index (Phi) is 7.69. The zero-order valence-electron chi connectivity index (χ0n) is 15.8. The minimum atomic E-state index is -2.99. The smallest absolute Gasteiger partial charge is 0.409 e. The highest BCUT2D eigenvalue weighted by atomic mass is 32.2. The topological polar surface area (TPSA) is 96.0 Å². The molecule has 1 N–H and O–H groups in total. The molecule has 0 spiro atoms. The van der Waals surface area contributed by atoms with Gasteiger partial charge in [-0.25, -0.2) is 13.2 Å². The summed E-state index contributed by atoms with van der Waals surface area (Å²) in [4.78, 5) is 27.5. The molecule has 9 heteroatoms. The molecule has 0 aromatic heterocycles. The van der Waals surface area contributed by atoms with Gasteiger partial charge in [0, 0.05) is 44.7 Å². The Balaban J connectivity index is 1.69. The lowest BCUT2D eigenvalue weighted by Crippen LogP contribution is -2.46. The molecule has 1 atom stereocenters. The van der Waals surface area contributed by atoms with Crippen LogP contribution in [0, 0.1) is 0 Å². The standard InChI is InChI=1S/C17H31N3O5S/c1-3-20(15-8-12-26(23,24)13-15)16(21)5-9-18-14-6-10-19(11-7-14)17(22)25-4-2/h14-15,18H,3-13H2,1-2H3. The Morgan fingerprint density at radius 2 is 1.88 bits per heavy atom. The van der Waals surface area contributed by atoms with Crippen LogP contribution in [0.3, 0.4) is 0 Å². The summed E-state index contributed by atoms with van der Waals surface area (Å²) in [5.41, 5.74) is 0. The maximum atomic E-state index is 12.4. The van der Waals surface area contributed by atoms with E-state index in [-0.39, 0.29) is 35.6 Å². The van der Waals surface area contributed by atoms with Crippen LogP contribution < -0.4 is 5.32 Å². The second-order valence-electron chi connectivity index (χ2n) is 6.90. The Hall–Kier alpha value is -1.35. The zero-order valence-corrected chi connectivity index (χ0v) is 16.6. The van der Waals surface area contributed by atoms with Gasteiger partial charge in [0.25, 0.3) is 0 Å². The van der Waals surface area contributed by atoms with Crippen molar-refractivity contribution in [2.24, 2.45) is 0 Å². The van der Waals surface area contributed by atoms with Crippen LogP contribution in [0.2, 0.25) is 0 Å². The number of likely N-dealkylation sites (tertiary alicyclic amines) is 1. The largest absolute Gasteiger partial charge is 0.450 e. The minimum Gasteiger partial charge on any atom is -0.450 e. The van der Waals surface area contributed by atoms with Crippen LogP contribution in [-0.2, 0) is 19.4 Å². The second kappa shape index (κ2) is 9.55. The molecule has 2 aliphatic heterocycles. The summed E-state index contributed by atoms with van der Waals surface area (Å²) in [5.74, 6) is 0.275. The molecule has 0 radical (unpaired) electrons. The molecule has 0 aromatic carbocycles. The maximum absolute atomic E-state index is 12.4. The third-order valence-corrected chi connectivity index (χ3v) is 6.85. The van der Waals surface area contributed by atoms with Crippen LogP contribution in [0.25, 0.3) is 0 Å². The summed E-state index contributed by atoms with van der Waals surface area (Å²) in [7, 11) is -2.99. The van der Waals surface area contributed by atoms with Crippen LogP contribution in [-0.4, -0.2) is 86.6 Å². The summed E-state index contributed by atoms with van der Waals surface area (Å²) >= 11 is 0. The monoisotopic (exact) mass is 389 g/mol. The van der Waals surface area contributed by atoms with Crippen LogP contribution in [0.15, 0.2) is 0 Å². The quantitative estimate of drug-likeness (QED) is 0.686. The fourth-order valence-electron chi connectivity index (χ4n) is 3.67. The van der Waals surface area contributed by atoms with Gasteiger partial charge in [0.05, 0.1) is 18.1 Å². The van der Waals surface area contributed by atoms with Gasteiger partial charge in [0.15, 0.2) is 9.84 Å². The van der Waals surface area contributed by atoms with E-state index >= 15 is 0 Å². The number of nitrogens with one attached hydrogen (secondary N) is 1. The summed E-state index contributed by atoms with van der Waals surface area (Å²) in [6.07, 6.45) is 2.33.